The molecule has 3 rings (SSSR count). The lowest BCUT2D eigenvalue weighted by Gasteiger charge is -2.21. The van der Waals surface area contributed by atoms with Crippen LogP contribution in [-0.4, -0.2) is 44.3 Å². The third-order valence-corrected chi connectivity index (χ3v) is 4.06. The van der Waals surface area contributed by atoms with Gasteiger partial charge in [-0.15, -0.1) is 0 Å². The monoisotopic (exact) mass is 353 g/mol. The number of carbonyl (C=O) groups excluding carboxylic acids is 1. The largest absolute Gasteiger partial charge is 0.480 e. The number of likely N-dealkylation sites (tertiary alicyclic amines) is 1. The number of carbonyl (C=O) groups is 2. The van der Waals surface area contributed by atoms with Gasteiger partial charge in [-0.2, -0.15) is 18.3 Å². The van der Waals surface area contributed by atoms with Gasteiger partial charge in [-0.1, -0.05) is 0 Å². The van der Waals surface area contributed by atoms with E-state index in [1.54, 1.807) is 0 Å². The summed E-state index contributed by atoms with van der Waals surface area (Å²) < 4.78 is 38.8. The number of benzene rings is 1. The molecule has 2 aromatic rings. The molecule has 1 aromatic carbocycles. The van der Waals surface area contributed by atoms with E-state index < -0.39 is 29.8 Å². The van der Waals surface area contributed by atoms with Crippen LogP contribution in [0, 0.1) is 0 Å². The van der Waals surface area contributed by atoms with Crippen molar-refractivity contribution in [1.82, 2.24) is 14.7 Å². The van der Waals surface area contributed by atoms with Crippen LogP contribution in [-0.2, 0) is 11.0 Å². The van der Waals surface area contributed by atoms with Gasteiger partial charge in [-0.05, 0) is 43.2 Å². The van der Waals surface area contributed by atoms with Crippen molar-refractivity contribution in [3.63, 3.8) is 0 Å². The normalized spacial score (nSPS) is 17.7. The SMILES string of the molecule is O=C(O)[C@@H]1CCCN1C(=O)c1ccc(-n2ccc(C(F)(F)F)n2)cc1. The summed E-state index contributed by atoms with van der Waals surface area (Å²) in [6.07, 6.45) is -2.32. The van der Waals surface area contributed by atoms with E-state index in [0.29, 0.717) is 25.1 Å². The van der Waals surface area contributed by atoms with Crippen molar-refractivity contribution in [3.8, 4) is 5.69 Å². The molecule has 0 unspecified atom stereocenters. The van der Waals surface area contributed by atoms with Crippen LogP contribution in [0.2, 0.25) is 0 Å². The number of nitrogens with zero attached hydrogens (tertiary/aromatic N) is 3. The molecular weight excluding hydrogens is 339 g/mol. The van der Waals surface area contributed by atoms with Crippen LogP contribution >= 0.6 is 0 Å². The van der Waals surface area contributed by atoms with E-state index in [1.165, 1.54) is 35.4 Å². The van der Waals surface area contributed by atoms with Crippen LogP contribution in [0.25, 0.3) is 5.69 Å². The molecule has 1 aliphatic rings. The summed E-state index contributed by atoms with van der Waals surface area (Å²) in [4.78, 5) is 24.9. The second kappa shape index (κ2) is 6.23. The molecule has 0 bridgehead atoms. The van der Waals surface area contributed by atoms with Crippen LogP contribution in [0.5, 0.6) is 0 Å². The number of carboxylic acid groups (broad SMARTS) is 1. The second-order valence-electron chi connectivity index (χ2n) is 5.68. The van der Waals surface area contributed by atoms with E-state index in [2.05, 4.69) is 5.10 Å². The Hall–Kier alpha value is -2.84. The average Bonchev–Trinajstić information content (AvgIpc) is 3.23. The number of halogens is 3. The maximum Gasteiger partial charge on any atom is 0.435 e. The fourth-order valence-corrected chi connectivity index (χ4v) is 2.81. The number of amides is 1. The third-order valence-electron chi connectivity index (χ3n) is 4.06. The molecule has 6 nitrogen and oxygen atoms in total. The minimum Gasteiger partial charge on any atom is -0.480 e. The van der Waals surface area contributed by atoms with Gasteiger partial charge in [0.05, 0.1) is 5.69 Å². The first-order valence-electron chi connectivity index (χ1n) is 7.54. The topological polar surface area (TPSA) is 75.4 Å². The molecule has 1 saturated heterocycles. The number of aromatic nitrogens is 2. The van der Waals surface area contributed by atoms with E-state index in [-0.39, 0.29) is 5.56 Å². The van der Waals surface area contributed by atoms with Crippen LogP contribution in [0.15, 0.2) is 36.5 Å². The first kappa shape index (κ1) is 17.0. The molecule has 25 heavy (non-hydrogen) atoms. The molecule has 0 aliphatic carbocycles. The Morgan fingerprint density at radius 2 is 1.84 bits per heavy atom. The van der Waals surface area contributed by atoms with Crippen LogP contribution in [0.4, 0.5) is 13.2 Å². The highest BCUT2D eigenvalue weighted by atomic mass is 19.4. The number of hydrogen-bond donors (Lipinski definition) is 1. The molecule has 1 atom stereocenters. The first-order valence-corrected chi connectivity index (χ1v) is 7.54. The van der Waals surface area contributed by atoms with E-state index in [0.717, 1.165) is 10.7 Å². The van der Waals surface area contributed by atoms with Crippen LogP contribution in [0.3, 0.4) is 0 Å². The molecule has 9 heteroatoms. The lowest BCUT2D eigenvalue weighted by atomic mass is 10.1. The zero-order chi connectivity index (χ0) is 18.2. The van der Waals surface area contributed by atoms with Gasteiger partial charge in [0, 0.05) is 18.3 Å². The van der Waals surface area contributed by atoms with Crippen molar-refractivity contribution < 1.29 is 27.9 Å². The average molecular weight is 353 g/mol. The Morgan fingerprint density at radius 1 is 1.16 bits per heavy atom. The van der Waals surface area contributed by atoms with Gasteiger partial charge in [-0.3, -0.25) is 4.79 Å². The quantitative estimate of drug-likeness (QED) is 0.920. The highest BCUT2D eigenvalue weighted by Gasteiger charge is 2.35. The van der Waals surface area contributed by atoms with Gasteiger partial charge in [0.2, 0.25) is 0 Å². The van der Waals surface area contributed by atoms with Crippen LogP contribution < -0.4 is 0 Å². The molecule has 132 valence electrons. The third kappa shape index (κ3) is 3.35. The van der Waals surface area contributed by atoms with Gasteiger partial charge >= 0.3 is 12.1 Å². The van der Waals surface area contributed by atoms with Crippen molar-refractivity contribution in [3.05, 3.63) is 47.8 Å². The second-order valence-corrected chi connectivity index (χ2v) is 5.68. The Bertz CT molecular complexity index is 799. The summed E-state index contributed by atoms with van der Waals surface area (Å²) in [7, 11) is 0. The zero-order valence-corrected chi connectivity index (χ0v) is 12.9. The smallest absolute Gasteiger partial charge is 0.435 e. The molecule has 0 radical (unpaired) electrons. The van der Waals surface area contributed by atoms with Crippen molar-refractivity contribution in [2.24, 2.45) is 0 Å². The predicted molar refractivity (Wildman–Crippen MR) is 80.3 cm³/mol. The van der Waals surface area contributed by atoms with E-state index in [1.807, 2.05) is 0 Å². The summed E-state index contributed by atoms with van der Waals surface area (Å²) in [6.45, 7) is 0.367. The van der Waals surface area contributed by atoms with Gasteiger partial charge < -0.3 is 10.0 Å². The lowest BCUT2D eigenvalue weighted by molar-refractivity contribution is -0.142. The highest BCUT2D eigenvalue weighted by Crippen LogP contribution is 2.28. The molecule has 0 spiro atoms. The summed E-state index contributed by atoms with van der Waals surface area (Å²) in [6, 6.07) is 5.85. The number of aliphatic carboxylic acids is 1. The van der Waals surface area contributed by atoms with Crippen molar-refractivity contribution in [2.75, 3.05) is 6.54 Å². The van der Waals surface area contributed by atoms with E-state index in [9.17, 15) is 22.8 Å². The number of alkyl halides is 3. The van der Waals surface area contributed by atoms with Crippen molar-refractivity contribution in [1.29, 1.82) is 0 Å². The lowest BCUT2D eigenvalue weighted by Crippen LogP contribution is -2.40. The molecule has 1 aromatic heterocycles. The molecule has 1 N–H and O–H groups in total. The van der Waals surface area contributed by atoms with E-state index >= 15 is 0 Å². The number of rotatable bonds is 3. The summed E-state index contributed by atoms with van der Waals surface area (Å²) in [5, 5.41) is 12.6. The van der Waals surface area contributed by atoms with Gasteiger partial charge in [-0.25, -0.2) is 9.48 Å². The Kier molecular flexibility index (Phi) is 4.23. The minimum atomic E-state index is -4.53. The van der Waals surface area contributed by atoms with E-state index in [4.69, 9.17) is 5.11 Å². The number of hydrogen-bond acceptors (Lipinski definition) is 3. The minimum absolute atomic E-state index is 0.278. The maximum absolute atomic E-state index is 12.6. The fraction of sp³-hybridized carbons (Fsp3) is 0.312. The molecule has 1 aliphatic heterocycles. The molecular formula is C16H14F3N3O3. The number of carboxylic acids is 1. The van der Waals surface area contributed by atoms with Crippen LogP contribution in [0.1, 0.15) is 28.9 Å². The summed E-state index contributed by atoms with van der Waals surface area (Å²) >= 11 is 0. The standard InChI is InChI=1S/C16H14F3N3O3/c17-16(18,19)13-7-9-22(20-13)11-5-3-10(4-6-11)14(23)21-8-1-2-12(21)15(24)25/h3-7,9,12H,1-2,8H2,(H,24,25)/t12-/m0/s1. The summed E-state index contributed by atoms with van der Waals surface area (Å²) in [5.74, 6) is -1.45. The Morgan fingerprint density at radius 3 is 2.40 bits per heavy atom. The van der Waals surface area contributed by atoms with Crippen molar-refractivity contribution >= 4 is 11.9 Å². The fourth-order valence-electron chi connectivity index (χ4n) is 2.81. The molecule has 2 heterocycles. The molecule has 0 saturated carbocycles. The predicted octanol–water partition coefficient (Wildman–Crippen LogP) is 2.58. The van der Waals surface area contributed by atoms with Crippen molar-refractivity contribution in [2.45, 2.75) is 25.1 Å². The summed E-state index contributed by atoms with van der Waals surface area (Å²) in [5.41, 5.74) is -0.364. The maximum atomic E-state index is 12.6. The zero-order valence-electron chi connectivity index (χ0n) is 12.9. The van der Waals surface area contributed by atoms with Gasteiger partial charge in [0.15, 0.2) is 5.69 Å². The first-order chi connectivity index (χ1) is 11.8. The van der Waals surface area contributed by atoms with Gasteiger partial charge in [0.25, 0.3) is 5.91 Å². The molecule has 1 fully saturated rings. The Labute approximate surface area is 140 Å². The van der Waals surface area contributed by atoms with Gasteiger partial charge in [0.1, 0.15) is 6.04 Å². The highest BCUT2D eigenvalue weighted by molar-refractivity contribution is 5.97. The molecule has 1 amide bonds. The Balaban J connectivity index is 1.79.